The van der Waals surface area contributed by atoms with Crippen molar-refractivity contribution < 1.29 is 0 Å². The van der Waals surface area contributed by atoms with Crippen LogP contribution in [0.15, 0.2) is 30.3 Å². The zero-order chi connectivity index (χ0) is 10.5. The van der Waals surface area contributed by atoms with E-state index in [-0.39, 0.29) is 0 Å². The molecular weight excluding hydrogens is 158 g/mol. The van der Waals surface area contributed by atoms with Gasteiger partial charge in [0.05, 0.1) is 0 Å². The predicted octanol–water partition coefficient (Wildman–Crippen LogP) is 3.24. The minimum atomic E-state index is 0.750. The van der Waals surface area contributed by atoms with Crippen molar-refractivity contribution in [2.24, 2.45) is 5.73 Å². The maximum atomic E-state index is 4.85. The van der Waals surface area contributed by atoms with E-state index in [2.05, 4.69) is 31.2 Å². The van der Waals surface area contributed by atoms with Gasteiger partial charge in [0.1, 0.15) is 0 Å². The molecule has 13 heavy (non-hydrogen) atoms. The number of hydrogen-bond donors (Lipinski definition) is 1. The summed E-state index contributed by atoms with van der Waals surface area (Å²) in [5.41, 5.74) is 6.26. The molecule has 1 nitrogen and oxygen atoms in total. The van der Waals surface area contributed by atoms with E-state index in [4.69, 9.17) is 5.73 Å². The van der Waals surface area contributed by atoms with Gasteiger partial charge in [-0.1, -0.05) is 58.0 Å². The van der Waals surface area contributed by atoms with Crippen LogP contribution in [0, 0.1) is 0 Å². The lowest BCUT2D eigenvalue weighted by Gasteiger charge is -1.89. The molecule has 1 heteroatoms. The molecule has 0 aliphatic rings. The van der Waals surface area contributed by atoms with Gasteiger partial charge in [-0.15, -0.1) is 0 Å². The number of aryl methyl sites for hydroxylation is 1. The Hall–Kier alpha value is -0.820. The van der Waals surface area contributed by atoms with Crippen molar-refractivity contribution in [1.82, 2.24) is 0 Å². The van der Waals surface area contributed by atoms with E-state index in [1.807, 2.05) is 26.8 Å². The van der Waals surface area contributed by atoms with E-state index in [1.165, 1.54) is 5.56 Å². The third-order valence-electron chi connectivity index (χ3n) is 1.25. The molecule has 0 bridgehead atoms. The molecule has 0 heterocycles. The van der Waals surface area contributed by atoms with Crippen LogP contribution in [0.25, 0.3) is 0 Å². The first-order valence-corrected chi connectivity index (χ1v) is 5.09. The van der Waals surface area contributed by atoms with Gasteiger partial charge in [0.25, 0.3) is 0 Å². The van der Waals surface area contributed by atoms with Crippen LogP contribution in [0.1, 0.15) is 33.3 Å². The highest BCUT2D eigenvalue weighted by atomic mass is 14.5. The molecule has 0 radical (unpaired) electrons. The molecule has 0 aromatic heterocycles. The molecule has 1 rings (SSSR count). The molecule has 0 fully saturated rings. The van der Waals surface area contributed by atoms with Gasteiger partial charge in [-0.25, -0.2) is 0 Å². The topological polar surface area (TPSA) is 26.0 Å². The fraction of sp³-hybridized carbons (Fsp3) is 0.500. The summed E-state index contributed by atoms with van der Waals surface area (Å²) in [6, 6.07) is 10.5. The van der Waals surface area contributed by atoms with Crippen LogP contribution in [0.4, 0.5) is 0 Å². The maximum Gasteiger partial charge on any atom is -0.0106 e. The van der Waals surface area contributed by atoms with Crippen LogP contribution in [-0.4, -0.2) is 6.54 Å². The first kappa shape index (κ1) is 14.7. The normalized spacial score (nSPS) is 7.46. The monoisotopic (exact) mass is 181 g/mol. The summed E-state index contributed by atoms with van der Waals surface area (Å²) in [5.74, 6) is 0. The number of hydrogen-bond acceptors (Lipinski definition) is 1. The smallest absolute Gasteiger partial charge is 0.0106 e. The Morgan fingerprint density at radius 1 is 1.00 bits per heavy atom. The second kappa shape index (κ2) is 13.7. The fourth-order valence-corrected chi connectivity index (χ4v) is 0.714. The largest absolute Gasteiger partial charge is 0.331 e. The lowest BCUT2D eigenvalue weighted by molar-refractivity contribution is 1.14. The Balaban J connectivity index is 0. The van der Waals surface area contributed by atoms with E-state index >= 15 is 0 Å². The first-order chi connectivity index (χ1) is 6.35. The van der Waals surface area contributed by atoms with Gasteiger partial charge in [0.2, 0.25) is 0 Å². The van der Waals surface area contributed by atoms with Gasteiger partial charge in [0.15, 0.2) is 0 Å². The molecule has 0 aliphatic heterocycles. The van der Waals surface area contributed by atoms with Crippen molar-refractivity contribution in [3.05, 3.63) is 35.9 Å². The lowest BCUT2D eigenvalue weighted by Crippen LogP contribution is -1.87. The summed E-state index contributed by atoms with van der Waals surface area (Å²) in [4.78, 5) is 0. The number of rotatable bonds is 1. The molecule has 0 aliphatic carbocycles. The van der Waals surface area contributed by atoms with E-state index in [0.29, 0.717) is 0 Å². The second-order valence-corrected chi connectivity index (χ2v) is 2.25. The van der Waals surface area contributed by atoms with Crippen LogP contribution >= 0.6 is 0 Å². The molecule has 1 aromatic carbocycles. The van der Waals surface area contributed by atoms with Gasteiger partial charge < -0.3 is 5.73 Å². The van der Waals surface area contributed by atoms with Crippen LogP contribution < -0.4 is 5.73 Å². The third kappa shape index (κ3) is 11.2. The van der Waals surface area contributed by atoms with E-state index in [0.717, 1.165) is 13.0 Å². The Kier molecular flexibility index (Phi) is 15.5. The third-order valence-corrected chi connectivity index (χ3v) is 1.25. The van der Waals surface area contributed by atoms with Gasteiger partial charge in [0, 0.05) is 0 Å². The quantitative estimate of drug-likeness (QED) is 0.707. The minimum absolute atomic E-state index is 0.750. The van der Waals surface area contributed by atoms with Gasteiger partial charge in [-0.2, -0.15) is 0 Å². The Morgan fingerprint density at radius 3 is 1.62 bits per heavy atom. The van der Waals surface area contributed by atoms with Crippen LogP contribution in [0.5, 0.6) is 0 Å². The van der Waals surface area contributed by atoms with E-state index in [9.17, 15) is 0 Å². The molecular formula is C12H23N. The molecule has 76 valence electrons. The van der Waals surface area contributed by atoms with Crippen molar-refractivity contribution >= 4 is 0 Å². The molecule has 2 N–H and O–H groups in total. The molecule has 0 saturated carbocycles. The molecule has 0 unspecified atom stereocenters. The second-order valence-electron chi connectivity index (χ2n) is 2.25. The van der Waals surface area contributed by atoms with Gasteiger partial charge in [-0.3, -0.25) is 0 Å². The summed E-state index contributed by atoms with van der Waals surface area (Å²) in [6.07, 6.45) is 1.14. The van der Waals surface area contributed by atoms with Gasteiger partial charge in [-0.05, 0) is 18.5 Å². The highest BCUT2D eigenvalue weighted by Gasteiger charge is 1.79. The highest BCUT2D eigenvalue weighted by Crippen LogP contribution is 1.96. The lowest BCUT2D eigenvalue weighted by atomic mass is 10.2. The number of benzene rings is 1. The van der Waals surface area contributed by atoms with Crippen LogP contribution in [0.2, 0.25) is 0 Å². The van der Waals surface area contributed by atoms with Crippen molar-refractivity contribution in [3.63, 3.8) is 0 Å². The molecule has 0 amide bonds. The molecule has 0 saturated heterocycles. The standard InChI is InChI=1S/C8H10.C2H7N.C2H6/c1-2-8-6-4-3-5-7-8;1-2-3;1-2/h3-7H,2H2,1H3;2-3H2,1H3;1-2H3. The van der Waals surface area contributed by atoms with Crippen molar-refractivity contribution in [2.75, 3.05) is 6.54 Å². The maximum absolute atomic E-state index is 4.85. The fourth-order valence-electron chi connectivity index (χ4n) is 0.714. The summed E-state index contributed by atoms with van der Waals surface area (Å²) < 4.78 is 0. The Bertz CT molecular complexity index is 158. The predicted molar refractivity (Wildman–Crippen MR) is 61.9 cm³/mol. The zero-order valence-corrected chi connectivity index (χ0v) is 9.38. The van der Waals surface area contributed by atoms with Crippen LogP contribution in [0.3, 0.4) is 0 Å². The molecule has 0 atom stereocenters. The summed E-state index contributed by atoms with van der Waals surface area (Å²) in [6.45, 7) is 8.81. The van der Waals surface area contributed by atoms with Gasteiger partial charge >= 0.3 is 0 Å². The molecule has 1 aromatic rings. The Labute approximate surface area is 83.0 Å². The summed E-state index contributed by atoms with van der Waals surface area (Å²) in [5, 5.41) is 0. The average Bonchev–Trinajstić information content (AvgIpc) is 2.23. The first-order valence-electron chi connectivity index (χ1n) is 5.09. The Morgan fingerprint density at radius 2 is 1.38 bits per heavy atom. The summed E-state index contributed by atoms with van der Waals surface area (Å²) >= 11 is 0. The SMILES string of the molecule is CC.CCN.CCc1ccccc1. The molecule has 0 spiro atoms. The minimum Gasteiger partial charge on any atom is -0.331 e. The summed E-state index contributed by atoms with van der Waals surface area (Å²) in [7, 11) is 0. The zero-order valence-electron chi connectivity index (χ0n) is 9.38. The number of nitrogens with two attached hydrogens (primary N) is 1. The highest BCUT2D eigenvalue weighted by molar-refractivity contribution is 5.13. The average molecular weight is 181 g/mol. The van der Waals surface area contributed by atoms with E-state index < -0.39 is 0 Å². The van der Waals surface area contributed by atoms with Crippen molar-refractivity contribution in [3.8, 4) is 0 Å². The van der Waals surface area contributed by atoms with Crippen molar-refractivity contribution in [1.29, 1.82) is 0 Å². The van der Waals surface area contributed by atoms with Crippen molar-refractivity contribution in [2.45, 2.75) is 34.1 Å². The van der Waals surface area contributed by atoms with Crippen LogP contribution in [-0.2, 0) is 6.42 Å². The van der Waals surface area contributed by atoms with E-state index in [1.54, 1.807) is 0 Å².